The van der Waals surface area contributed by atoms with E-state index in [1.165, 1.54) is 0 Å². The average Bonchev–Trinajstić information content (AvgIpc) is 2.76. The van der Waals surface area contributed by atoms with Gasteiger partial charge >= 0.3 is 0 Å². The second-order valence-corrected chi connectivity index (χ2v) is 7.12. The van der Waals surface area contributed by atoms with Gasteiger partial charge in [-0.05, 0) is 48.3 Å². The van der Waals surface area contributed by atoms with Crippen LogP contribution in [0, 0.1) is 11.3 Å². The average molecular weight is 400 g/mol. The van der Waals surface area contributed by atoms with E-state index in [1.54, 1.807) is 13.0 Å². The Morgan fingerprint density at radius 3 is 2.37 bits per heavy atom. The molecule has 0 radical (unpaired) electrons. The van der Waals surface area contributed by atoms with E-state index in [0.29, 0.717) is 17.8 Å². The summed E-state index contributed by atoms with van der Waals surface area (Å²) in [7, 11) is 0. The minimum Gasteiger partial charge on any atom is -0.494 e. The summed E-state index contributed by atoms with van der Waals surface area (Å²) < 4.78 is 5.67. The Morgan fingerprint density at radius 2 is 1.73 bits per heavy atom. The molecule has 1 heterocycles. The highest BCUT2D eigenvalue weighted by atomic mass is 16.5. The minimum absolute atomic E-state index is 0.00343. The predicted octanol–water partition coefficient (Wildman–Crippen LogP) is 4.66. The maximum atomic E-state index is 13.1. The van der Waals surface area contributed by atoms with Crippen LogP contribution in [0.4, 0.5) is 0 Å². The lowest BCUT2D eigenvalue weighted by Crippen LogP contribution is -2.42. The van der Waals surface area contributed by atoms with Gasteiger partial charge in [0, 0.05) is 5.57 Å². The number of carbonyl (C=O) groups is 2. The molecule has 1 aliphatic heterocycles. The molecular weight excluding hydrogens is 376 g/mol. The molecule has 0 aliphatic carbocycles. The molecule has 0 bridgehead atoms. The highest BCUT2D eigenvalue weighted by Crippen LogP contribution is 2.28. The molecule has 1 aliphatic rings. The fraction of sp³-hybridized carbons (Fsp3) is 0.240. The van der Waals surface area contributed by atoms with Gasteiger partial charge in [-0.15, -0.1) is 0 Å². The van der Waals surface area contributed by atoms with Crippen LogP contribution in [0.15, 0.2) is 71.3 Å². The summed E-state index contributed by atoms with van der Waals surface area (Å²) >= 11 is 0. The third kappa shape index (κ3) is 4.66. The van der Waals surface area contributed by atoms with Crippen LogP contribution >= 0.6 is 0 Å². The molecule has 0 unspecified atom stereocenters. The van der Waals surface area contributed by atoms with Crippen LogP contribution in [0.2, 0.25) is 0 Å². The van der Waals surface area contributed by atoms with Crippen molar-refractivity contribution in [3.05, 3.63) is 82.4 Å². The predicted molar refractivity (Wildman–Crippen MR) is 115 cm³/mol. The van der Waals surface area contributed by atoms with E-state index in [1.807, 2.05) is 60.7 Å². The topological polar surface area (TPSA) is 70.4 Å². The SMILES string of the molecule is CCCCOc1ccc(/C=C2/C(=O)N(Cc3ccccc3)C(=O)C(C#N)=C2C)cc1. The highest BCUT2D eigenvalue weighted by molar-refractivity contribution is 6.19. The number of nitrogens with zero attached hydrogens (tertiary/aromatic N) is 2. The largest absolute Gasteiger partial charge is 0.494 e. The number of carbonyl (C=O) groups excluding carboxylic acids is 2. The van der Waals surface area contributed by atoms with Crippen molar-refractivity contribution in [2.24, 2.45) is 0 Å². The summed E-state index contributed by atoms with van der Waals surface area (Å²) in [5.74, 6) is -0.185. The number of nitriles is 1. The monoisotopic (exact) mass is 400 g/mol. The molecule has 0 fully saturated rings. The van der Waals surface area contributed by atoms with Crippen molar-refractivity contribution in [3.8, 4) is 11.8 Å². The van der Waals surface area contributed by atoms with Crippen LogP contribution in [0.5, 0.6) is 5.75 Å². The molecule has 0 saturated heterocycles. The maximum absolute atomic E-state index is 13.1. The molecule has 2 amide bonds. The number of rotatable bonds is 7. The van der Waals surface area contributed by atoms with E-state index in [2.05, 4.69) is 6.92 Å². The zero-order chi connectivity index (χ0) is 21.5. The Bertz CT molecular complexity index is 1030. The summed E-state index contributed by atoms with van der Waals surface area (Å²) in [4.78, 5) is 27.0. The Labute approximate surface area is 176 Å². The number of ether oxygens (including phenoxy) is 1. The fourth-order valence-electron chi connectivity index (χ4n) is 3.20. The fourth-order valence-corrected chi connectivity index (χ4v) is 3.20. The third-order valence-electron chi connectivity index (χ3n) is 4.97. The van der Waals surface area contributed by atoms with Crippen molar-refractivity contribution in [2.75, 3.05) is 6.61 Å². The molecule has 2 aromatic carbocycles. The molecule has 0 N–H and O–H groups in total. The lowest BCUT2D eigenvalue weighted by atomic mass is 9.93. The van der Waals surface area contributed by atoms with E-state index < -0.39 is 11.8 Å². The van der Waals surface area contributed by atoms with Crippen LogP contribution in [0.1, 0.15) is 37.8 Å². The van der Waals surface area contributed by atoms with Gasteiger partial charge in [-0.1, -0.05) is 55.8 Å². The maximum Gasteiger partial charge on any atom is 0.271 e. The van der Waals surface area contributed by atoms with E-state index in [-0.39, 0.29) is 12.1 Å². The third-order valence-corrected chi connectivity index (χ3v) is 4.97. The molecule has 152 valence electrons. The first-order valence-electron chi connectivity index (χ1n) is 10.0. The standard InChI is InChI=1S/C25H24N2O3/c1-3-4-14-30-21-12-10-19(11-13-21)15-22-18(2)23(16-26)25(29)27(24(22)28)17-20-8-6-5-7-9-20/h5-13,15H,3-4,14,17H2,1-2H3/b22-15+. The normalized spacial score (nSPS) is 15.5. The van der Waals surface area contributed by atoms with Crippen molar-refractivity contribution in [3.63, 3.8) is 0 Å². The van der Waals surface area contributed by atoms with Gasteiger partial charge in [0.2, 0.25) is 0 Å². The van der Waals surface area contributed by atoms with Crippen molar-refractivity contribution >= 4 is 17.9 Å². The summed E-state index contributed by atoms with van der Waals surface area (Å²) in [5.41, 5.74) is 2.37. The van der Waals surface area contributed by atoms with E-state index in [9.17, 15) is 14.9 Å². The lowest BCUT2D eigenvalue weighted by Gasteiger charge is -2.27. The first-order valence-corrected chi connectivity index (χ1v) is 10.0. The number of hydrogen-bond donors (Lipinski definition) is 0. The van der Waals surface area contributed by atoms with Gasteiger partial charge < -0.3 is 4.74 Å². The van der Waals surface area contributed by atoms with Gasteiger partial charge in [0.15, 0.2) is 0 Å². The van der Waals surface area contributed by atoms with Gasteiger partial charge in [-0.25, -0.2) is 0 Å². The molecule has 30 heavy (non-hydrogen) atoms. The zero-order valence-corrected chi connectivity index (χ0v) is 17.2. The van der Waals surface area contributed by atoms with Crippen LogP contribution in [-0.2, 0) is 16.1 Å². The Morgan fingerprint density at radius 1 is 1.03 bits per heavy atom. The molecule has 5 nitrogen and oxygen atoms in total. The molecule has 0 aromatic heterocycles. The van der Waals surface area contributed by atoms with Crippen molar-refractivity contribution < 1.29 is 14.3 Å². The Balaban J connectivity index is 1.90. The first-order chi connectivity index (χ1) is 14.5. The summed E-state index contributed by atoms with van der Waals surface area (Å²) in [5, 5.41) is 9.51. The van der Waals surface area contributed by atoms with Crippen molar-refractivity contribution in [1.82, 2.24) is 4.90 Å². The second-order valence-electron chi connectivity index (χ2n) is 7.12. The number of amides is 2. The van der Waals surface area contributed by atoms with Crippen LogP contribution in [0.3, 0.4) is 0 Å². The number of unbranched alkanes of at least 4 members (excludes halogenated alkanes) is 1. The molecule has 0 atom stereocenters. The highest BCUT2D eigenvalue weighted by Gasteiger charge is 2.35. The van der Waals surface area contributed by atoms with E-state index in [4.69, 9.17) is 4.74 Å². The van der Waals surface area contributed by atoms with Crippen molar-refractivity contribution in [1.29, 1.82) is 5.26 Å². The number of benzene rings is 2. The molecule has 3 rings (SSSR count). The Hall–Kier alpha value is -3.65. The summed E-state index contributed by atoms with van der Waals surface area (Å²) in [6.45, 7) is 4.54. The molecular formula is C25H24N2O3. The quantitative estimate of drug-likeness (QED) is 0.385. The lowest BCUT2D eigenvalue weighted by molar-refractivity contribution is -0.141. The van der Waals surface area contributed by atoms with Gasteiger partial charge in [0.25, 0.3) is 11.8 Å². The van der Waals surface area contributed by atoms with Crippen LogP contribution < -0.4 is 4.74 Å². The first kappa shape index (κ1) is 21.1. The minimum atomic E-state index is -0.555. The van der Waals surface area contributed by atoms with E-state index in [0.717, 1.165) is 34.6 Å². The van der Waals surface area contributed by atoms with Gasteiger partial charge in [-0.3, -0.25) is 14.5 Å². The van der Waals surface area contributed by atoms with E-state index >= 15 is 0 Å². The molecule has 5 heteroatoms. The van der Waals surface area contributed by atoms with Gasteiger partial charge in [-0.2, -0.15) is 5.26 Å². The molecule has 0 saturated carbocycles. The van der Waals surface area contributed by atoms with Gasteiger partial charge in [0.1, 0.15) is 17.4 Å². The number of imide groups is 1. The second kappa shape index (κ2) is 9.71. The summed E-state index contributed by atoms with van der Waals surface area (Å²) in [6, 6.07) is 18.7. The number of hydrogen-bond acceptors (Lipinski definition) is 4. The van der Waals surface area contributed by atoms with Crippen LogP contribution in [0.25, 0.3) is 6.08 Å². The van der Waals surface area contributed by atoms with Crippen molar-refractivity contribution in [2.45, 2.75) is 33.2 Å². The van der Waals surface area contributed by atoms with Crippen LogP contribution in [-0.4, -0.2) is 23.3 Å². The summed E-state index contributed by atoms with van der Waals surface area (Å²) in [6.07, 6.45) is 3.78. The van der Waals surface area contributed by atoms with Gasteiger partial charge in [0.05, 0.1) is 13.2 Å². The molecule has 0 spiro atoms. The molecule has 2 aromatic rings. The zero-order valence-electron chi connectivity index (χ0n) is 17.2. The smallest absolute Gasteiger partial charge is 0.271 e. The Kier molecular flexibility index (Phi) is 6.82.